The molecule has 0 radical (unpaired) electrons. The first-order valence-electron chi connectivity index (χ1n) is 13.5. The van der Waals surface area contributed by atoms with Gasteiger partial charge in [-0.25, -0.2) is 0 Å². The van der Waals surface area contributed by atoms with Crippen LogP contribution in [0, 0.1) is 0 Å². The van der Waals surface area contributed by atoms with Crippen molar-refractivity contribution in [2.75, 3.05) is 39.6 Å². The number of methoxy groups -OCH3 is 2. The van der Waals surface area contributed by atoms with E-state index in [-0.39, 0.29) is 23.6 Å². The number of benzene rings is 3. The summed E-state index contributed by atoms with van der Waals surface area (Å²) in [5.74, 6) is 2.07. The van der Waals surface area contributed by atoms with Crippen LogP contribution >= 0.6 is 23.4 Å². The fourth-order valence-electron chi connectivity index (χ4n) is 4.92. The van der Waals surface area contributed by atoms with Gasteiger partial charge in [-0.05, 0) is 48.9 Å². The van der Waals surface area contributed by atoms with E-state index in [4.69, 9.17) is 21.1 Å². The summed E-state index contributed by atoms with van der Waals surface area (Å²) < 4.78 is 12.7. The van der Waals surface area contributed by atoms with E-state index in [1.165, 1.54) is 11.8 Å². The molecule has 3 aromatic carbocycles. The highest BCUT2D eigenvalue weighted by Gasteiger charge is 2.33. The Balaban J connectivity index is 1.29. The van der Waals surface area contributed by atoms with Crippen molar-refractivity contribution in [3.8, 4) is 28.6 Å². The normalized spacial score (nSPS) is 15.8. The molecule has 11 heteroatoms. The number of ether oxygens (including phenoxy) is 2. The van der Waals surface area contributed by atoms with E-state index >= 15 is 0 Å². The highest BCUT2D eigenvalue weighted by molar-refractivity contribution is 7.99. The second kappa shape index (κ2) is 13.3. The van der Waals surface area contributed by atoms with E-state index in [1.54, 1.807) is 24.0 Å². The molecular weight excluding hydrogens is 574 g/mol. The molecule has 1 aromatic heterocycles. The molecule has 9 nitrogen and oxygen atoms in total. The lowest BCUT2D eigenvalue weighted by Gasteiger charge is -2.40. The Morgan fingerprint density at radius 3 is 2.38 bits per heavy atom. The van der Waals surface area contributed by atoms with Crippen molar-refractivity contribution in [3.63, 3.8) is 0 Å². The summed E-state index contributed by atoms with van der Waals surface area (Å²) in [6, 6.07) is 24.4. The number of thioether (sulfide) groups is 1. The maximum absolute atomic E-state index is 13.3. The van der Waals surface area contributed by atoms with Gasteiger partial charge in [-0.1, -0.05) is 54.2 Å². The Bertz CT molecular complexity index is 1530. The Hall–Kier alpha value is -4.02. The molecule has 2 amide bonds. The third-order valence-corrected chi connectivity index (χ3v) is 8.54. The Morgan fingerprint density at radius 1 is 0.952 bits per heavy atom. The molecule has 4 aromatic rings. The molecule has 1 aliphatic heterocycles. The summed E-state index contributed by atoms with van der Waals surface area (Å²) in [6.07, 6.45) is 0. The number of aromatic nitrogens is 3. The van der Waals surface area contributed by atoms with Gasteiger partial charge < -0.3 is 19.3 Å². The number of rotatable bonds is 9. The van der Waals surface area contributed by atoms with Crippen molar-refractivity contribution < 1.29 is 19.1 Å². The summed E-state index contributed by atoms with van der Waals surface area (Å²) in [7, 11) is 3.24. The van der Waals surface area contributed by atoms with Crippen molar-refractivity contribution in [2.24, 2.45) is 0 Å². The van der Waals surface area contributed by atoms with Gasteiger partial charge in [0.25, 0.3) is 0 Å². The number of amides is 2. The summed E-state index contributed by atoms with van der Waals surface area (Å²) in [5, 5.41) is 8.76. The van der Waals surface area contributed by atoms with Crippen LogP contribution in [-0.2, 0) is 9.59 Å². The average molecular weight is 606 g/mol. The van der Waals surface area contributed by atoms with Gasteiger partial charge in [-0.2, -0.15) is 0 Å². The molecule has 2 unspecified atom stereocenters. The van der Waals surface area contributed by atoms with Crippen molar-refractivity contribution in [1.82, 2.24) is 24.6 Å². The van der Waals surface area contributed by atoms with Crippen molar-refractivity contribution in [3.05, 3.63) is 84.4 Å². The first kappa shape index (κ1) is 29.5. The van der Waals surface area contributed by atoms with E-state index in [2.05, 4.69) is 10.2 Å². The fraction of sp³-hybridized carbons (Fsp3) is 0.290. The van der Waals surface area contributed by atoms with E-state index in [9.17, 15) is 9.59 Å². The monoisotopic (exact) mass is 605 g/mol. The maximum atomic E-state index is 13.3. The SMILES string of the molecule is COc1ccc(-n2c(SCC(=O)N3CCN(C(=O)C(Cl)c4ccccc4)C(C)C3)nnc2-c2cccc(OC)c2)cc1. The molecule has 42 heavy (non-hydrogen) atoms. The number of carbonyl (C=O) groups excluding carboxylic acids is 2. The van der Waals surface area contributed by atoms with Gasteiger partial charge in [0.15, 0.2) is 11.0 Å². The molecule has 5 rings (SSSR count). The van der Waals surface area contributed by atoms with Gasteiger partial charge in [0.2, 0.25) is 11.8 Å². The van der Waals surface area contributed by atoms with Gasteiger partial charge in [0, 0.05) is 36.9 Å². The molecular formula is C31H32ClN5O4S. The molecule has 1 aliphatic rings. The lowest BCUT2D eigenvalue weighted by molar-refractivity contribution is -0.141. The first-order valence-corrected chi connectivity index (χ1v) is 15.0. The van der Waals surface area contributed by atoms with E-state index < -0.39 is 5.38 Å². The topological polar surface area (TPSA) is 89.8 Å². The summed E-state index contributed by atoms with van der Waals surface area (Å²) in [5.41, 5.74) is 2.43. The molecule has 2 atom stereocenters. The van der Waals surface area contributed by atoms with Crippen LogP contribution in [0.4, 0.5) is 0 Å². The van der Waals surface area contributed by atoms with Gasteiger partial charge >= 0.3 is 0 Å². The zero-order valence-corrected chi connectivity index (χ0v) is 25.2. The molecule has 0 bridgehead atoms. The van der Waals surface area contributed by atoms with Crippen LogP contribution in [0.25, 0.3) is 17.1 Å². The number of alkyl halides is 1. The minimum atomic E-state index is -0.755. The second-order valence-electron chi connectivity index (χ2n) is 9.85. The Morgan fingerprint density at radius 2 is 1.69 bits per heavy atom. The summed E-state index contributed by atoms with van der Waals surface area (Å²) in [4.78, 5) is 30.0. The van der Waals surface area contributed by atoms with Crippen LogP contribution < -0.4 is 9.47 Å². The zero-order valence-electron chi connectivity index (χ0n) is 23.6. The number of carbonyl (C=O) groups is 2. The minimum absolute atomic E-state index is 0.0309. The number of halogens is 1. The zero-order chi connectivity index (χ0) is 29.6. The highest BCUT2D eigenvalue weighted by atomic mass is 35.5. The van der Waals surface area contributed by atoms with Crippen LogP contribution in [0.2, 0.25) is 0 Å². The fourth-order valence-corrected chi connectivity index (χ4v) is 6.04. The Kier molecular flexibility index (Phi) is 9.34. The molecule has 218 valence electrons. The summed E-state index contributed by atoms with van der Waals surface area (Å²) >= 11 is 7.84. The van der Waals surface area contributed by atoms with Gasteiger partial charge in [0.1, 0.15) is 16.9 Å². The molecule has 0 aliphatic carbocycles. The highest BCUT2D eigenvalue weighted by Crippen LogP contribution is 2.31. The van der Waals surface area contributed by atoms with Crippen molar-refractivity contribution in [2.45, 2.75) is 23.5 Å². The van der Waals surface area contributed by atoms with E-state index in [0.29, 0.717) is 36.4 Å². The van der Waals surface area contributed by atoms with Gasteiger partial charge in [0.05, 0.1) is 20.0 Å². The predicted molar refractivity (Wildman–Crippen MR) is 163 cm³/mol. The molecule has 0 N–H and O–H groups in total. The molecule has 1 saturated heterocycles. The van der Waals surface area contributed by atoms with E-state index in [1.807, 2.05) is 90.4 Å². The maximum Gasteiger partial charge on any atom is 0.245 e. The lowest BCUT2D eigenvalue weighted by Crippen LogP contribution is -2.56. The standard InChI is InChI=1S/C31H32ClN5O4S/c1-21-19-35(16-17-36(21)30(39)28(32)22-8-5-4-6-9-22)27(38)20-42-31-34-33-29(23-10-7-11-26(18-23)41-3)37(31)24-12-14-25(40-2)15-13-24/h4-15,18,21,28H,16-17,19-20H2,1-3H3. The third kappa shape index (κ3) is 6.39. The second-order valence-corrected chi connectivity index (χ2v) is 11.2. The van der Waals surface area contributed by atoms with Gasteiger partial charge in [-0.3, -0.25) is 14.2 Å². The van der Waals surface area contributed by atoms with Crippen LogP contribution in [-0.4, -0.2) is 82.0 Å². The number of nitrogens with zero attached hydrogens (tertiary/aromatic N) is 5. The third-order valence-electron chi connectivity index (χ3n) is 7.19. The van der Waals surface area contributed by atoms with Crippen LogP contribution in [0.5, 0.6) is 11.5 Å². The number of piperazine rings is 1. The first-order chi connectivity index (χ1) is 20.4. The van der Waals surface area contributed by atoms with Gasteiger partial charge in [-0.15, -0.1) is 21.8 Å². The largest absolute Gasteiger partial charge is 0.497 e. The molecule has 2 heterocycles. The van der Waals surface area contributed by atoms with Crippen LogP contribution in [0.15, 0.2) is 84.0 Å². The minimum Gasteiger partial charge on any atom is -0.497 e. The number of hydrogen-bond acceptors (Lipinski definition) is 7. The quantitative estimate of drug-likeness (QED) is 0.194. The van der Waals surface area contributed by atoms with Crippen LogP contribution in [0.3, 0.4) is 0 Å². The molecule has 0 saturated carbocycles. The summed E-state index contributed by atoms with van der Waals surface area (Å²) in [6.45, 7) is 3.24. The van der Waals surface area contributed by atoms with Crippen molar-refractivity contribution >= 4 is 35.2 Å². The lowest BCUT2D eigenvalue weighted by atomic mass is 10.1. The molecule has 0 spiro atoms. The molecule has 1 fully saturated rings. The van der Waals surface area contributed by atoms with Crippen LogP contribution in [0.1, 0.15) is 17.9 Å². The smallest absolute Gasteiger partial charge is 0.245 e. The predicted octanol–water partition coefficient (Wildman–Crippen LogP) is 5.08. The van der Waals surface area contributed by atoms with E-state index in [0.717, 1.165) is 22.6 Å². The number of hydrogen-bond donors (Lipinski definition) is 0. The average Bonchev–Trinajstić information content (AvgIpc) is 3.47. The Labute approximate surface area is 254 Å². The van der Waals surface area contributed by atoms with Crippen molar-refractivity contribution in [1.29, 1.82) is 0 Å².